The second kappa shape index (κ2) is 6.72. The Morgan fingerprint density at radius 3 is 2.80 bits per heavy atom. The molecule has 2 fully saturated rings. The lowest BCUT2D eigenvalue weighted by atomic mass is 9.78. The fraction of sp³-hybridized carbons (Fsp3) is 0.812. The summed E-state index contributed by atoms with van der Waals surface area (Å²) in [6.07, 6.45) is 6.43. The maximum Gasteiger partial charge on any atom is 0.230 e. The third-order valence-electron chi connectivity index (χ3n) is 4.62. The fourth-order valence-electron chi connectivity index (χ4n) is 3.55. The number of carbonyl (C=O) groups excluding carboxylic acids is 1. The number of carbonyl (C=O) groups is 1. The second-order valence-electron chi connectivity index (χ2n) is 6.50. The van der Waals surface area contributed by atoms with Crippen LogP contribution in [0, 0.1) is 5.41 Å². The summed E-state index contributed by atoms with van der Waals surface area (Å²) in [6, 6.07) is 0. The third-order valence-corrected chi connectivity index (χ3v) is 4.62. The van der Waals surface area contributed by atoms with Crippen LogP contribution in [0.4, 0.5) is 0 Å². The molecule has 1 spiro atoms. The summed E-state index contributed by atoms with van der Waals surface area (Å²) in [6.45, 7) is 8.65. The summed E-state index contributed by atoms with van der Waals surface area (Å²) < 4.78 is 0. The third kappa shape index (κ3) is 3.41. The lowest BCUT2D eigenvalue weighted by Crippen LogP contribution is -2.50. The van der Waals surface area contributed by atoms with Crippen LogP contribution in [-0.2, 0) is 4.79 Å². The molecule has 0 aromatic rings. The van der Waals surface area contributed by atoms with Crippen LogP contribution in [-0.4, -0.2) is 60.1 Å². The Bertz CT molecular complexity index is 375. The first-order valence-electron chi connectivity index (χ1n) is 7.83. The van der Waals surface area contributed by atoms with Gasteiger partial charge in [0.1, 0.15) is 0 Å². The van der Waals surface area contributed by atoms with Gasteiger partial charge in [-0.15, -0.1) is 0 Å². The van der Waals surface area contributed by atoms with Gasteiger partial charge in [0.25, 0.3) is 0 Å². The molecule has 4 heteroatoms. The molecule has 1 N–H and O–H groups in total. The summed E-state index contributed by atoms with van der Waals surface area (Å²) in [4.78, 5) is 16.9. The minimum Gasteiger partial charge on any atom is -0.395 e. The number of nitrogens with zero attached hydrogens (tertiary/aromatic N) is 2. The molecule has 0 aliphatic carbocycles. The molecule has 1 amide bonds. The van der Waals surface area contributed by atoms with Gasteiger partial charge in [0.15, 0.2) is 0 Å². The molecule has 114 valence electrons. The van der Waals surface area contributed by atoms with Crippen molar-refractivity contribution in [1.82, 2.24) is 9.80 Å². The van der Waals surface area contributed by atoms with Crippen molar-refractivity contribution in [2.45, 2.75) is 39.5 Å². The molecule has 2 aliphatic rings. The minimum atomic E-state index is -0.154. The Kier molecular flexibility index (Phi) is 5.22. The number of likely N-dealkylation sites (tertiary alicyclic amines) is 2. The van der Waals surface area contributed by atoms with E-state index in [9.17, 15) is 4.79 Å². The van der Waals surface area contributed by atoms with Gasteiger partial charge in [0.05, 0.1) is 12.0 Å². The van der Waals surface area contributed by atoms with E-state index < -0.39 is 0 Å². The largest absolute Gasteiger partial charge is 0.395 e. The minimum absolute atomic E-state index is 0.0755. The van der Waals surface area contributed by atoms with Crippen molar-refractivity contribution < 1.29 is 9.90 Å². The standard InChI is InChI=1S/C16H28N2O2/c1-14(2)5-3-8-17-10-7-16(13-17)6-4-9-18(11-12-19)15(16)20/h5,19H,3-4,6-13H2,1-2H3/t16-/m1/s1. The van der Waals surface area contributed by atoms with Crippen molar-refractivity contribution >= 4 is 5.91 Å². The topological polar surface area (TPSA) is 43.8 Å². The van der Waals surface area contributed by atoms with E-state index in [0.717, 1.165) is 51.9 Å². The Labute approximate surface area is 122 Å². The summed E-state index contributed by atoms with van der Waals surface area (Å²) in [5.41, 5.74) is 1.21. The van der Waals surface area contributed by atoms with E-state index in [1.54, 1.807) is 0 Å². The maximum atomic E-state index is 12.6. The zero-order chi connectivity index (χ0) is 14.6. The number of rotatable bonds is 5. The average Bonchev–Trinajstić information content (AvgIpc) is 2.80. The second-order valence-corrected chi connectivity index (χ2v) is 6.50. The highest BCUT2D eigenvalue weighted by Gasteiger charge is 2.47. The lowest BCUT2D eigenvalue weighted by Gasteiger charge is -2.39. The first kappa shape index (κ1) is 15.5. The van der Waals surface area contributed by atoms with Crippen molar-refractivity contribution in [3.8, 4) is 0 Å². The zero-order valence-corrected chi connectivity index (χ0v) is 12.9. The highest BCUT2D eigenvalue weighted by Crippen LogP contribution is 2.39. The molecule has 0 saturated carbocycles. The van der Waals surface area contributed by atoms with Crippen LogP contribution in [0.3, 0.4) is 0 Å². The van der Waals surface area contributed by atoms with E-state index in [4.69, 9.17) is 5.11 Å². The number of piperidine rings is 1. The number of β-amino-alcohol motifs (C(OH)–C–C–N with tert-alkyl or cyclic N) is 1. The fourth-order valence-corrected chi connectivity index (χ4v) is 3.55. The monoisotopic (exact) mass is 280 g/mol. The van der Waals surface area contributed by atoms with Crippen molar-refractivity contribution in [2.75, 3.05) is 39.3 Å². The molecule has 2 heterocycles. The van der Waals surface area contributed by atoms with Crippen LogP contribution >= 0.6 is 0 Å². The van der Waals surface area contributed by atoms with Gasteiger partial charge >= 0.3 is 0 Å². The molecule has 1 atom stereocenters. The van der Waals surface area contributed by atoms with Crippen molar-refractivity contribution in [1.29, 1.82) is 0 Å². The lowest BCUT2D eigenvalue weighted by molar-refractivity contribution is -0.146. The van der Waals surface area contributed by atoms with Gasteiger partial charge in [-0.3, -0.25) is 4.79 Å². The molecule has 0 radical (unpaired) electrons. The smallest absolute Gasteiger partial charge is 0.230 e. The SMILES string of the molecule is CC(C)=CCCN1CC[C@]2(CCCN(CCO)C2=O)C1. The summed E-state index contributed by atoms with van der Waals surface area (Å²) in [5, 5.41) is 9.08. The van der Waals surface area contributed by atoms with E-state index in [0.29, 0.717) is 6.54 Å². The number of hydrogen-bond acceptors (Lipinski definition) is 3. The van der Waals surface area contributed by atoms with E-state index in [1.807, 2.05) is 4.90 Å². The predicted octanol–water partition coefficient (Wildman–Crippen LogP) is 1.65. The Morgan fingerprint density at radius 2 is 2.10 bits per heavy atom. The molecule has 0 unspecified atom stereocenters. The number of allylic oxidation sites excluding steroid dienone is 1. The number of hydrogen-bond donors (Lipinski definition) is 1. The molecular formula is C16H28N2O2. The molecule has 0 aromatic carbocycles. The van der Waals surface area contributed by atoms with Gasteiger partial charge in [0.2, 0.25) is 5.91 Å². The summed E-state index contributed by atoms with van der Waals surface area (Å²) in [5.74, 6) is 0.280. The average molecular weight is 280 g/mol. The van der Waals surface area contributed by atoms with Gasteiger partial charge < -0.3 is 14.9 Å². The van der Waals surface area contributed by atoms with Gasteiger partial charge in [-0.05, 0) is 46.1 Å². The molecule has 2 aliphatic heterocycles. The first-order valence-corrected chi connectivity index (χ1v) is 7.83. The number of amides is 1. The Balaban J connectivity index is 1.92. The van der Waals surface area contributed by atoms with Gasteiger partial charge in [0, 0.05) is 26.2 Å². The molecule has 20 heavy (non-hydrogen) atoms. The highest BCUT2D eigenvalue weighted by molar-refractivity contribution is 5.84. The molecule has 0 bridgehead atoms. The van der Waals surface area contributed by atoms with Crippen LogP contribution in [0.15, 0.2) is 11.6 Å². The summed E-state index contributed by atoms with van der Waals surface area (Å²) >= 11 is 0. The quantitative estimate of drug-likeness (QED) is 0.779. The van der Waals surface area contributed by atoms with Gasteiger partial charge in [-0.2, -0.15) is 0 Å². The van der Waals surface area contributed by atoms with Gasteiger partial charge in [-0.1, -0.05) is 11.6 Å². The predicted molar refractivity (Wildman–Crippen MR) is 80.4 cm³/mol. The van der Waals surface area contributed by atoms with E-state index in [-0.39, 0.29) is 17.9 Å². The highest BCUT2D eigenvalue weighted by atomic mass is 16.3. The van der Waals surface area contributed by atoms with Crippen LogP contribution in [0.5, 0.6) is 0 Å². The van der Waals surface area contributed by atoms with E-state index >= 15 is 0 Å². The van der Waals surface area contributed by atoms with Crippen LogP contribution in [0.25, 0.3) is 0 Å². The zero-order valence-electron chi connectivity index (χ0n) is 12.9. The maximum absolute atomic E-state index is 12.6. The van der Waals surface area contributed by atoms with Gasteiger partial charge in [-0.25, -0.2) is 0 Å². The Hall–Kier alpha value is -0.870. The van der Waals surface area contributed by atoms with Crippen molar-refractivity contribution in [3.63, 3.8) is 0 Å². The first-order chi connectivity index (χ1) is 9.57. The summed E-state index contributed by atoms with van der Waals surface area (Å²) in [7, 11) is 0. The van der Waals surface area contributed by atoms with Crippen LogP contribution in [0.2, 0.25) is 0 Å². The van der Waals surface area contributed by atoms with Crippen LogP contribution in [0.1, 0.15) is 39.5 Å². The molecule has 2 saturated heterocycles. The number of aliphatic hydroxyl groups excluding tert-OH is 1. The Morgan fingerprint density at radius 1 is 1.30 bits per heavy atom. The van der Waals surface area contributed by atoms with E-state index in [1.165, 1.54) is 5.57 Å². The molecule has 2 rings (SSSR count). The molecular weight excluding hydrogens is 252 g/mol. The van der Waals surface area contributed by atoms with E-state index in [2.05, 4.69) is 24.8 Å². The van der Waals surface area contributed by atoms with Crippen LogP contribution < -0.4 is 0 Å². The number of aliphatic hydroxyl groups is 1. The molecule has 0 aromatic heterocycles. The van der Waals surface area contributed by atoms with Crippen molar-refractivity contribution in [3.05, 3.63) is 11.6 Å². The van der Waals surface area contributed by atoms with Crippen molar-refractivity contribution in [2.24, 2.45) is 5.41 Å². The molecule has 4 nitrogen and oxygen atoms in total. The normalized spacial score (nSPS) is 27.4.